The van der Waals surface area contributed by atoms with Crippen LogP contribution >= 0.6 is 0 Å². The van der Waals surface area contributed by atoms with E-state index in [9.17, 15) is 0 Å². The summed E-state index contributed by atoms with van der Waals surface area (Å²) in [6.07, 6.45) is 10.9. The highest BCUT2D eigenvalue weighted by molar-refractivity contribution is 4.79. The molecule has 4 unspecified atom stereocenters. The fourth-order valence-electron chi connectivity index (χ4n) is 3.99. The van der Waals surface area contributed by atoms with Gasteiger partial charge in [0.1, 0.15) is 0 Å². The Hall–Kier alpha value is -0.0800. The van der Waals surface area contributed by atoms with Crippen LogP contribution in [-0.2, 0) is 0 Å². The minimum absolute atomic E-state index is 0.325. The first-order chi connectivity index (χ1) is 9.93. The van der Waals surface area contributed by atoms with Gasteiger partial charge in [-0.3, -0.25) is 0 Å². The van der Waals surface area contributed by atoms with Crippen molar-refractivity contribution in [3.05, 3.63) is 0 Å². The van der Waals surface area contributed by atoms with E-state index in [2.05, 4.69) is 39.9 Å². The maximum absolute atomic E-state index is 6.16. The van der Waals surface area contributed by atoms with Crippen LogP contribution in [0.15, 0.2) is 0 Å². The van der Waals surface area contributed by atoms with E-state index in [0.29, 0.717) is 17.9 Å². The van der Waals surface area contributed by atoms with E-state index in [4.69, 9.17) is 5.73 Å². The standard InChI is InChI=1S/C19H40N2/c1-6-17(21-18-9-7-8-10-18)12-11-15(4)13-19(14(2)3)16(5)20/h14-19,21H,6-13,20H2,1-5H3. The minimum Gasteiger partial charge on any atom is -0.328 e. The van der Waals surface area contributed by atoms with Gasteiger partial charge in [0, 0.05) is 18.1 Å². The molecule has 0 aromatic rings. The third kappa shape index (κ3) is 7.15. The Morgan fingerprint density at radius 3 is 2.14 bits per heavy atom. The summed E-state index contributed by atoms with van der Waals surface area (Å²) < 4.78 is 0. The zero-order valence-electron chi connectivity index (χ0n) is 15.2. The Balaban J connectivity index is 2.30. The molecule has 0 radical (unpaired) electrons. The molecule has 1 aliphatic rings. The van der Waals surface area contributed by atoms with Gasteiger partial charge in [-0.1, -0.05) is 40.5 Å². The van der Waals surface area contributed by atoms with Crippen molar-refractivity contribution in [1.29, 1.82) is 0 Å². The van der Waals surface area contributed by atoms with E-state index in [-0.39, 0.29) is 0 Å². The van der Waals surface area contributed by atoms with Crippen LogP contribution in [0.3, 0.4) is 0 Å². The molecular formula is C19H40N2. The number of nitrogens with one attached hydrogen (secondary N) is 1. The average Bonchev–Trinajstić information content (AvgIpc) is 2.92. The highest BCUT2D eigenvalue weighted by Gasteiger charge is 2.22. The Kier molecular flexibility index (Phi) is 8.89. The van der Waals surface area contributed by atoms with E-state index < -0.39 is 0 Å². The van der Waals surface area contributed by atoms with Gasteiger partial charge in [-0.25, -0.2) is 0 Å². The molecule has 1 saturated carbocycles. The van der Waals surface area contributed by atoms with Crippen LogP contribution in [0.5, 0.6) is 0 Å². The number of nitrogens with two attached hydrogens (primary N) is 1. The lowest BCUT2D eigenvalue weighted by molar-refractivity contribution is 0.253. The second-order valence-electron chi connectivity index (χ2n) is 7.94. The summed E-state index contributed by atoms with van der Waals surface area (Å²) in [6.45, 7) is 11.6. The third-order valence-electron chi connectivity index (χ3n) is 5.53. The maximum Gasteiger partial charge on any atom is 0.00696 e. The van der Waals surface area contributed by atoms with Crippen LogP contribution < -0.4 is 11.1 Å². The minimum atomic E-state index is 0.325. The lowest BCUT2D eigenvalue weighted by Crippen LogP contribution is -2.36. The lowest BCUT2D eigenvalue weighted by Gasteiger charge is -2.29. The summed E-state index contributed by atoms with van der Waals surface area (Å²) >= 11 is 0. The smallest absolute Gasteiger partial charge is 0.00696 e. The van der Waals surface area contributed by atoms with Crippen LogP contribution in [0.25, 0.3) is 0 Å². The third-order valence-corrected chi connectivity index (χ3v) is 5.53. The van der Waals surface area contributed by atoms with Gasteiger partial charge in [0.2, 0.25) is 0 Å². The molecule has 0 aromatic heterocycles. The van der Waals surface area contributed by atoms with Crippen molar-refractivity contribution in [3.63, 3.8) is 0 Å². The number of rotatable bonds is 10. The molecule has 0 bridgehead atoms. The highest BCUT2D eigenvalue weighted by Crippen LogP contribution is 2.26. The highest BCUT2D eigenvalue weighted by atomic mass is 14.9. The largest absolute Gasteiger partial charge is 0.328 e. The first-order valence-electron chi connectivity index (χ1n) is 9.45. The number of hydrogen-bond donors (Lipinski definition) is 2. The van der Waals surface area contributed by atoms with E-state index in [0.717, 1.165) is 18.0 Å². The molecule has 0 aromatic carbocycles. The van der Waals surface area contributed by atoms with Crippen molar-refractivity contribution in [3.8, 4) is 0 Å². The van der Waals surface area contributed by atoms with E-state index >= 15 is 0 Å². The first-order valence-corrected chi connectivity index (χ1v) is 9.45. The Bertz CT molecular complexity index is 248. The topological polar surface area (TPSA) is 38.0 Å². The van der Waals surface area contributed by atoms with Gasteiger partial charge >= 0.3 is 0 Å². The molecule has 2 heteroatoms. The van der Waals surface area contributed by atoms with Gasteiger partial charge in [-0.2, -0.15) is 0 Å². The summed E-state index contributed by atoms with van der Waals surface area (Å²) in [5.41, 5.74) is 6.16. The second kappa shape index (κ2) is 9.84. The van der Waals surface area contributed by atoms with Crippen LogP contribution in [0, 0.1) is 17.8 Å². The van der Waals surface area contributed by atoms with Crippen LogP contribution in [0.2, 0.25) is 0 Å². The van der Waals surface area contributed by atoms with Crippen LogP contribution in [-0.4, -0.2) is 18.1 Å². The summed E-state index contributed by atoms with van der Waals surface area (Å²) in [6, 6.07) is 1.85. The molecule has 0 aliphatic heterocycles. The molecule has 4 atom stereocenters. The van der Waals surface area contributed by atoms with Gasteiger partial charge in [-0.05, 0) is 63.2 Å². The van der Waals surface area contributed by atoms with Gasteiger partial charge in [0.15, 0.2) is 0 Å². The Morgan fingerprint density at radius 1 is 1.05 bits per heavy atom. The van der Waals surface area contributed by atoms with Crippen molar-refractivity contribution in [1.82, 2.24) is 5.32 Å². The number of hydrogen-bond acceptors (Lipinski definition) is 2. The molecule has 21 heavy (non-hydrogen) atoms. The Morgan fingerprint density at radius 2 is 1.67 bits per heavy atom. The summed E-state index contributed by atoms with van der Waals surface area (Å²) in [7, 11) is 0. The predicted octanol–water partition coefficient (Wildman–Crippen LogP) is 4.72. The Labute approximate surface area is 133 Å². The van der Waals surface area contributed by atoms with Gasteiger partial charge < -0.3 is 11.1 Å². The van der Waals surface area contributed by atoms with Crippen molar-refractivity contribution < 1.29 is 0 Å². The van der Waals surface area contributed by atoms with Crippen molar-refractivity contribution >= 4 is 0 Å². The van der Waals surface area contributed by atoms with Crippen LogP contribution in [0.4, 0.5) is 0 Å². The van der Waals surface area contributed by atoms with Crippen LogP contribution in [0.1, 0.15) is 86.0 Å². The molecule has 0 heterocycles. The molecular weight excluding hydrogens is 256 g/mol. The molecule has 0 saturated heterocycles. The molecule has 1 fully saturated rings. The molecule has 3 N–H and O–H groups in total. The SMILES string of the molecule is CCC(CCC(C)CC(C(C)C)C(C)N)NC1CCCC1. The van der Waals surface area contributed by atoms with Gasteiger partial charge in [0.25, 0.3) is 0 Å². The molecule has 1 rings (SSSR count). The summed E-state index contributed by atoms with van der Waals surface area (Å²) in [4.78, 5) is 0. The predicted molar refractivity (Wildman–Crippen MR) is 94.5 cm³/mol. The zero-order chi connectivity index (χ0) is 15.8. The van der Waals surface area contributed by atoms with Gasteiger partial charge in [0.05, 0.1) is 0 Å². The van der Waals surface area contributed by atoms with E-state index in [1.165, 1.54) is 51.4 Å². The summed E-state index contributed by atoms with van der Waals surface area (Å²) in [5.74, 6) is 2.16. The zero-order valence-corrected chi connectivity index (χ0v) is 15.2. The molecule has 2 nitrogen and oxygen atoms in total. The molecule has 0 amide bonds. The second-order valence-corrected chi connectivity index (χ2v) is 7.94. The van der Waals surface area contributed by atoms with E-state index in [1.54, 1.807) is 0 Å². The van der Waals surface area contributed by atoms with Crippen molar-refractivity contribution in [2.24, 2.45) is 23.5 Å². The van der Waals surface area contributed by atoms with Gasteiger partial charge in [-0.15, -0.1) is 0 Å². The monoisotopic (exact) mass is 296 g/mol. The molecule has 0 spiro atoms. The maximum atomic E-state index is 6.16. The van der Waals surface area contributed by atoms with E-state index in [1.807, 2.05) is 0 Å². The fourth-order valence-corrected chi connectivity index (χ4v) is 3.99. The normalized spacial score (nSPS) is 22.4. The fraction of sp³-hybridized carbons (Fsp3) is 1.00. The average molecular weight is 297 g/mol. The van der Waals surface area contributed by atoms with Crippen molar-refractivity contribution in [2.75, 3.05) is 0 Å². The summed E-state index contributed by atoms with van der Waals surface area (Å²) in [5, 5.41) is 3.90. The van der Waals surface area contributed by atoms with Crippen molar-refractivity contribution in [2.45, 2.75) is 104 Å². The quantitative estimate of drug-likeness (QED) is 0.612. The molecule has 126 valence electrons. The molecule has 1 aliphatic carbocycles. The first kappa shape index (κ1) is 19.0. The lowest BCUT2D eigenvalue weighted by atomic mass is 9.81.